The van der Waals surface area contributed by atoms with E-state index in [0.29, 0.717) is 6.61 Å². The monoisotopic (exact) mass is 225 g/mol. The first-order chi connectivity index (χ1) is 7.18. The summed E-state index contributed by atoms with van der Waals surface area (Å²) in [6, 6.07) is 9.50. The standard InChI is InChI=1S/C10H11NO3S/c12-9(13)6-11-10(15)14-7-8-4-2-1-3-5-8/h1-5H,6-7H2,(H,11,15)(H,12,13). The first kappa shape index (κ1) is 11.5. The summed E-state index contributed by atoms with van der Waals surface area (Å²) in [5, 5.41) is 10.9. The second-order valence-corrected chi connectivity index (χ2v) is 3.18. The van der Waals surface area contributed by atoms with E-state index in [-0.39, 0.29) is 11.7 Å². The number of hydrogen-bond donors (Lipinski definition) is 2. The zero-order valence-corrected chi connectivity index (χ0v) is 8.79. The molecule has 5 heteroatoms. The minimum atomic E-state index is -0.972. The third-order valence-electron chi connectivity index (χ3n) is 1.60. The highest BCUT2D eigenvalue weighted by molar-refractivity contribution is 7.80. The number of carboxylic acid groups (broad SMARTS) is 1. The lowest BCUT2D eigenvalue weighted by atomic mass is 10.2. The predicted molar refractivity (Wildman–Crippen MR) is 59.5 cm³/mol. The summed E-state index contributed by atoms with van der Waals surface area (Å²) >= 11 is 4.77. The van der Waals surface area contributed by atoms with E-state index in [2.05, 4.69) is 5.32 Å². The first-order valence-corrected chi connectivity index (χ1v) is 4.75. The third-order valence-corrected chi connectivity index (χ3v) is 1.86. The Kier molecular flexibility index (Phi) is 4.56. The summed E-state index contributed by atoms with van der Waals surface area (Å²) in [5.74, 6) is -0.972. The fourth-order valence-electron chi connectivity index (χ4n) is 0.922. The molecule has 0 unspecified atom stereocenters. The molecule has 0 radical (unpaired) electrons. The van der Waals surface area contributed by atoms with Gasteiger partial charge in [-0.1, -0.05) is 30.3 Å². The maximum absolute atomic E-state index is 10.2. The third kappa shape index (κ3) is 4.97. The molecular formula is C10H11NO3S. The lowest BCUT2D eigenvalue weighted by molar-refractivity contribution is -0.135. The number of nitrogens with one attached hydrogen (secondary N) is 1. The van der Waals surface area contributed by atoms with Crippen molar-refractivity contribution in [2.24, 2.45) is 0 Å². The van der Waals surface area contributed by atoms with Crippen molar-refractivity contribution < 1.29 is 14.6 Å². The smallest absolute Gasteiger partial charge is 0.323 e. The van der Waals surface area contributed by atoms with Gasteiger partial charge in [0.2, 0.25) is 0 Å². The fourth-order valence-corrected chi connectivity index (χ4v) is 1.05. The SMILES string of the molecule is O=C(O)CNC(=S)OCc1ccccc1. The molecule has 0 atom stereocenters. The molecule has 0 fully saturated rings. The molecule has 0 aliphatic rings. The van der Waals surface area contributed by atoms with Gasteiger partial charge in [-0.05, 0) is 17.8 Å². The number of aliphatic carboxylic acids is 1. The van der Waals surface area contributed by atoms with Crippen LogP contribution in [0.2, 0.25) is 0 Å². The Morgan fingerprint density at radius 1 is 1.40 bits per heavy atom. The van der Waals surface area contributed by atoms with Crippen LogP contribution in [-0.2, 0) is 16.1 Å². The highest BCUT2D eigenvalue weighted by Crippen LogP contribution is 2.00. The average molecular weight is 225 g/mol. The maximum Gasteiger partial charge on any atom is 0.323 e. The Labute approximate surface area is 92.9 Å². The van der Waals surface area contributed by atoms with Crippen LogP contribution in [0, 0.1) is 0 Å². The van der Waals surface area contributed by atoms with Crippen LogP contribution in [0.1, 0.15) is 5.56 Å². The number of carbonyl (C=O) groups is 1. The number of hydrogen-bond acceptors (Lipinski definition) is 3. The first-order valence-electron chi connectivity index (χ1n) is 4.35. The van der Waals surface area contributed by atoms with Gasteiger partial charge >= 0.3 is 5.97 Å². The van der Waals surface area contributed by atoms with Gasteiger partial charge in [0, 0.05) is 0 Å². The molecule has 1 rings (SSSR count). The van der Waals surface area contributed by atoms with E-state index in [9.17, 15) is 4.79 Å². The molecule has 0 saturated heterocycles. The van der Waals surface area contributed by atoms with Crippen LogP contribution in [0.3, 0.4) is 0 Å². The minimum absolute atomic E-state index is 0.0984. The Hall–Kier alpha value is -1.62. The number of carboxylic acids is 1. The summed E-state index contributed by atoms with van der Waals surface area (Å²) in [6.07, 6.45) is 0. The Morgan fingerprint density at radius 2 is 2.07 bits per heavy atom. The number of rotatable bonds is 4. The van der Waals surface area contributed by atoms with Crippen molar-refractivity contribution in [3.05, 3.63) is 35.9 Å². The van der Waals surface area contributed by atoms with Crippen molar-refractivity contribution in [2.75, 3.05) is 6.54 Å². The summed E-state index contributed by atoms with van der Waals surface area (Å²) in [6.45, 7) is 0.111. The molecule has 0 heterocycles. The van der Waals surface area contributed by atoms with Crippen molar-refractivity contribution in [3.8, 4) is 0 Å². The Bertz CT molecular complexity index is 340. The Morgan fingerprint density at radius 3 is 2.67 bits per heavy atom. The molecule has 1 aromatic rings. The molecule has 2 N–H and O–H groups in total. The fraction of sp³-hybridized carbons (Fsp3) is 0.200. The van der Waals surface area contributed by atoms with Gasteiger partial charge in [0.25, 0.3) is 5.17 Å². The normalized spacial score (nSPS) is 9.33. The van der Waals surface area contributed by atoms with E-state index in [1.807, 2.05) is 30.3 Å². The van der Waals surface area contributed by atoms with Gasteiger partial charge in [-0.3, -0.25) is 4.79 Å². The van der Waals surface area contributed by atoms with E-state index in [1.54, 1.807) is 0 Å². The zero-order chi connectivity index (χ0) is 11.1. The van der Waals surface area contributed by atoms with E-state index in [1.165, 1.54) is 0 Å². The summed E-state index contributed by atoms with van der Waals surface area (Å²) in [4.78, 5) is 10.2. The van der Waals surface area contributed by atoms with Crippen molar-refractivity contribution in [1.29, 1.82) is 0 Å². The largest absolute Gasteiger partial charge is 0.480 e. The van der Waals surface area contributed by atoms with Crippen LogP contribution in [0.15, 0.2) is 30.3 Å². The van der Waals surface area contributed by atoms with Crippen LogP contribution < -0.4 is 5.32 Å². The number of benzene rings is 1. The zero-order valence-electron chi connectivity index (χ0n) is 7.97. The van der Waals surface area contributed by atoms with Crippen molar-refractivity contribution >= 4 is 23.4 Å². The van der Waals surface area contributed by atoms with Gasteiger partial charge in [0.15, 0.2) is 0 Å². The van der Waals surface area contributed by atoms with Gasteiger partial charge in [0.05, 0.1) is 0 Å². The average Bonchev–Trinajstić information content (AvgIpc) is 2.25. The molecule has 15 heavy (non-hydrogen) atoms. The molecule has 0 aliphatic heterocycles. The van der Waals surface area contributed by atoms with Gasteiger partial charge in [0.1, 0.15) is 13.2 Å². The van der Waals surface area contributed by atoms with Crippen LogP contribution in [0.5, 0.6) is 0 Å². The topological polar surface area (TPSA) is 58.6 Å². The second-order valence-electron chi connectivity index (χ2n) is 2.81. The van der Waals surface area contributed by atoms with Gasteiger partial charge < -0.3 is 15.2 Å². The lowest BCUT2D eigenvalue weighted by Crippen LogP contribution is -2.29. The number of thiocarbonyl (C=S) groups is 1. The van der Waals surface area contributed by atoms with Crippen LogP contribution >= 0.6 is 12.2 Å². The van der Waals surface area contributed by atoms with Crippen molar-refractivity contribution in [3.63, 3.8) is 0 Å². The molecule has 80 valence electrons. The number of ether oxygens (including phenoxy) is 1. The Balaban J connectivity index is 2.26. The van der Waals surface area contributed by atoms with E-state index < -0.39 is 5.97 Å². The summed E-state index contributed by atoms with van der Waals surface area (Å²) < 4.78 is 5.14. The van der Waals surface area contributed by atoms with E-state index in [4.69, 9.17) is 22.1 Å². The van der Waals surface area contributed by atoms with Crippen molar-refractivity contribution in [1.82, 2.24) is 5.32 Å². The van der Waals surface area contributed by atoms with Crippen LogP contribution in [0.25, 0.3) is 0 Å². The molecule has 4 nitrogen and oxygen atoms in total. The van der Waals surface area contributed by atoms with Gasteiger partial charge in [-0.2, -0.15) is 0 Å². The molecule has 0 saturated carbocycles. The molecular weight excluding hydrogens is 214 g/mol. The highest BCUT2D eigenvalue weighted by Gasteiger charge is 2.00. The molecule has 0 spiro atoms. The van der Waals surface area contributed by atoms with Crippen LogP contribution in [0.4, 0.5) is 0 Å². The van der Waals surface area contributed by atoms with E-state index in [0.717, 1.165) is 5.56 Å². The van der Waals surface area contributed by atoms with Crippen molar-refractivity contribution in [2.45, 2.75) is 6.61 Å². The predicted octanol–water partition coefficient (Wildman–Crippen LogP) is 1.16. The molecule has 0 amide bonds. The molecule has 0 aliphatic carbocycles. The lowest BCUT2D eigenvalue weighted by Gasteiger charge is -2.07. The van der Waals surface area contributed by atoms with Gasteiger partial charge in [-0.25, -0.2) is 0 Å². The quantitative estimate of drug-likeness (QED) is 0.753. The summed E-state index contributed by atoms with van der Waals surface area (Å²) in [7, 11) is 0. The highest BCUT2D eigenvalue weighted by atomic mass is 32.1. The van der Waals surface area contributed by atoms with E-state index >= 15 is 0 Å². The second kappa shape index (κ2) is 5.98. The molecule has 1 aromatic carbocycles. The molecule has 0 bridgehead atoms. The van der Waals surface area contributed by atoms with Gasteiger partial charge in [-0.15, -0.1) is 0 Å². The van der Waals surface area contributed by atoms with Crippen LogP contribution in [-0.4, -0.2) is 22.8 Å². The minimum Gasteiger partial charge on any atom is -0.480 e. The maximum atomic E-state index is 10.2. The molecule has 0 aromatic heterocycles. The summed E-state index contributed by atoms with van der Waals surface area (Å²) in [5.41, 5.74) is 0.983.